The molecule has 1 aliphatic rings. The average Bonchev–Trinajstić information content (AvgIpc) is 3.14. The van der Waals surface area contributed by atoms with Crippen LogP contribution in [0.5, 0.6) is 17.2 Å². The lowest BCUT2D eigenvalue weighted by Gasteiger charge is -2.36. The SMILES string of the molecule is COC(=O)c1cc(C(C)(C)C)c(OP2OP(Oc3c(C(C)(C)C)cc(C(=O)OC)cc3C(C)(C)C)OP(Oc3c(C(C)(C)C)cc(C(=O)OC)cc3C(C)(C)C)O2)c(C(C)(C)C)c1. The summed E-state index contributed by atoms with van der Waals surface area (Å²) < 4.78 is 56.2. The van der Waals surface area contributed by atoms with E-state index in [0.717, 1.165) is 33.4 Å². The van der Waals surface area contributed by atoms with E-state index in [2.05, 4.69) is 0 Å². The third kappa shape index (κ3) is 12.5. The van der Waals surface area contributed by atoms with Crippen LogP contribution in [0.2, 0.25) is 0 Å². The van der Waals surface area contributed by atoms with Gasteiger partial charge in [-0.3, -0.25) is 0 Å². The summed E-state index contributed by atoms with van der Waals surface area (Å²) >= 11 is 0. The minimum Gasteiger partial charge on any atom is -0.465 e. The van der Waals surface area contributed by atoms with Gasteiger partial charge in [-0.05, 0) is 68.9 Å². The number of esters is 3. The fourth-order valence-electron chi connectivity index (χ4n) is 6.76. The Hall–Kier alpha value is -3.36. The third-order valence-corrected chi connectivity index (χ3v) is 14.5. The van der Waals surface area contributed by atoms with Gasteiger partial charge in [0.05, 0.1) is 38.0 Å². The summed E-state index contributed by atoms with van der Waals surface area (Å²) in [6, 6.07) is 10.7. The molecule has 1 fully saturated rings. The smallest absolute Gasteiger partial charge is 0.413 e. The average molecular weight is 931 g/mol. The summed E-state index contributed by atoms with van der Waals surface area (Å²) in [6.07, 6.45) is 0. The van der Waals surface area contributed by atoms with E-state index < -0.39 is 76.2 Å². The van der Waals surface area contributed by atoms with Gasteiger partial charge in [0.2, 0.25) is 0 Å². The van der Waals surface area contributed by atoms with Gasteiger partial charge in [-0.2, -0.15) is 0 Å². The van der Waals surface area contributed by atoms with E-state index >= 15 is 0 Å². The van der Waals surface area contributed by atoms with E-state index in [1.165, 1.54) is 21.3 Å². The van der Waals surface area contributed by atoms with E-state index in [1.54, 1.807) is 36.4 Å². The summed E-state index contributed by atoms with van der Waals surface area (Å²) in [5.41, 5.74) is 2.48. The molecule has 1 aliphatic heterocycles. The second-order valence-corrected chi connectivity index (χ2v) is 25.7. The molecule has 0 unspecified atom stereocenters. The summed E-state index contributed by atoms with van der Waals surface area (Å²) in [5, 5.41) is 0. The zero-order chi connectivity index (χ0) is 48.0. The molecule has 348 valence electrons. The molecule has 0 amide bonds. The van der Waals surface area contributed by atoms with Crippen molar-refractivity contribution in [1.82, 2.24) is 0 Å². The normalized spacial score (nSPS) is 17.8. The zero-order valence-corrected chi connectivity index (χ0v) is 43.9. The number of carbonyl (C=O) groups is 3. The zero-order valence-electron chi connectivity index (χ0n) is 41.2. The fourth-order valence-corrected chi connectivity index (χ4v) is 11.1. The first-order valence-electron chi connectivity index (χ1n) is 20.9. The molecule has 0 spiro atoms. The molecule has 4 rings (SSSR count). The lowest BCUT2D eigenvalue weighted by Crippen LogP contribution is -2.22. The van der Waals surface area contributed by atoms with Crippen molar-refractivity contribution in [2.45, 2.75) is 157 Å². The third-order valence-electron chi connectivity index (χ3n) is 10.3. The van der Waals surface area contributed by atoms with Crippen LogP contribution >= 0.6 is 25.8 Å². The van der Waals surface area contributed by atoms with E-state index in [-0.39, 0.29) is 0 Å². The first-order valence-corrected chi connectivity index (χ1v) is 24.2. The molecule has 0 radical (unpaired) electrons. The maximum atomic E-state index is 13.0. The van der Waals surface area contributed by atoms with Gasteiger partial charge in [-0.1, -0.05) is 125 Å². The van der Waals surface area contributed by atoms with Gasteiger partial charge in [0.25, 0.3) is 0 Å². The van der Waals surface area contributed by atoms with Crippen molar-refractivity contribution in [3.05, 3.63) is 86.5 Å². The molecule has 12 nitrogen and oxygen atoms in total. The van der Waals surface area contributed by atoms with Gasteiger partial charge in [0.1, 0.15) is 17.2 Å². The Kier molecular flexibility index (Phi) is 15.6. The predicted molar refractivity (Wildman–Crippen MR) is 251 cm³/mol. The molecule has 0 aliphatic carbocycles. The monoisotopic (exact) mass is 930 g/mol. The topological polar surface area (TPSA) is 134 Å². The summed E-state index contributed by atoms with van der Waals surface area (Å²) in [5.74, 6) is 0.0491. The number of hydrogen-bond acceptors (Lipinski definition) is 12. The molecule has 63 heavy (non-hydrogen) atoms. The number of benzene rings is 3. The number of ether oxygens (including phenoxy) is 3. The first-order chi connectivity index (χ1) is 28.6. The predicted octanol–water partition coefficient (Wildman–Crippen LogP) is 14.1. The van der Waals surface area contributed by atoms with E-state index in [1.807, 2.05) is 125 Å². The van der Waals surface area contributed by atoms with Crippen molar-refractivity contribution < 1.29 is 55.1 Å². The first kappa shape index (κ1) is 52.3. The molecule has 0 saturated carbocycles. The highest BCUT2D eigenvalue weighted by molar-refractivity contribution is 7.69. The van der Waals surface area contributed by atoms with E-state index in [0.29, 0.717) is 33.9 Å². The maximum absolute atomic E-state index is 13.0. The molecule has 1 saturated heterocycles. The van der Waals surface area contributed by atoms with Gasteiger partial charge in [-0.25, -0.2) is 27.3 Å². The summed E-state index contributed by atoms with van der Waals surface area (Å²) in [4.78, 5) is 39.1. The van der Waals surface area contributed by atoms with Gasteiger partial charge in [0.15, 0.2) is 0 Å². The molecule has 1 heterocycles. The number of carbonyl (C=O) groups excluding carboxylic acids is 3. The fraction of sp³-hybridized carbons (Fsp3) is 0.562. The molecule has 0 N–H and O–H groups in total. The van der Waals surface area contributed by atoms with Crippen molar-refractivity contribution >= 4 is 43.7 Å². The van der Waals surface area contributed by atoms with Crippen LogP contribution in [0.25, 0.3) is 0 Å². The second kappa shape index (κ2) is 18.9. The van der Waals surface area contributed by atoms with Crippen molar-refractivity contribution in [2.24, 2.45) is 0 Å². The Bertz CT molecular complexity index is 1830. The molecule has 3 aromatic carbocycles. The number of methoxy groups -OCH3 is 3. The number of hydrogen-bond donors (Lipinski definition) is 0. The van der Waals surface area contributed by atoms with Crippen LogP contribution in [0.4, 0.5) is 0 Å². The molecular formula is C48H69O12P3. The van der Waals surface area contributed by atoms with Crippen LogP contribution in [-0.2, 0) is 59.6 Å². The van der Waals surface area contributed by atoms with Crippen LogP contribution in [0, 0.1) is 0 Å². The van der Waals surface area contributed by atoms with Gasteiger partial charge < -0.3 is 27.8 Å². The summed E-state index contributed by atoms with van der Waals surface area (Å²) in [7, 11) is -2.96. The minimum absolute atomic E-state index is 0.386. The van der Waals surface area contributed by atoms with Crippen molar-refractivity contribution in [1.29, 1.82) is 0 Å². The molecule has 0 atom stereocenters. The quantitative estimate of drug-likeness (QED) is 0.115. The van der Waals surface area contributed by atoms with Crippen molar-refractivity contribution in [3.8, 4) is 17.2 Å². The highest BCUT2D eigenvalue weighted by atomic mass is 31.3. The van der Waals surface area contributed by atoms with Crippen molar-refractivity contribution in [2.75, 3.05) is 21.3 Å². The van der Waals surface area contributed by atoms with Crippen LogP contribution in [0.1, 0.15) is 189 Å². The lowest BCUT2D eigenvalue weighted by atomic mass is 9.78. The van der Waals surface area contributed by atoms with Crippen LogP contribution in [-0.4, -0.2) is 39.2 Å². The standard InChI is InChI=1S/C48H69O12P3/c1-43(2,3)31-22-28(40(49)52-19)23-32(44(4,5)6)37(31)55-61-58-62(56-38-33(45(7,8)9)24-29(41(50)53-20)25-34(38)46(10,11)12)60-63(59-61)57-39-35(47(13,14)15)26-30(42(51)54-21)27-36(39)48(16,17)18/h22-27H,1-21H3. The summed E-state index contributed by atoms with van der Waals surface area (Å²) in [6.45, 7) is 36.6. The molecule has 3 aromatic rings. The maximum Gasteiger partial charge on any atom is 0.413 e. The Morgan fingerprint density at radius 1 is 0.349 bits per heavy atom. The Balaban J connectivity index is 2.02. The molecule has 0 aromatic heterocycles. The Morgan fingerprint density at radius 3 is 0.635 bits per heavy atom. The van der Waals surface area contributed by atoms with Gasteiger partial charge >= 0.3 is 43.7 Å². The Labute approximate surface area is 379 Å². The largest absolute Gasteiger partial charge is 0.465 e. The highest BCUT2D eigenvalue weighted by Gasteiger charge is 2.45. The highest BCUT2D eigenvalue weighted by Crippen LogP contribution is 2.73. The molecular weight excluding hydrogens is 861 g/mol. The van der Waals surface area contributed by atoms with Crippen molar-refractivity contribution in [3.63, 3.8) is 0 Å². The number of rotatable bonds is 9. The molecule has 15 heteroatoms. The molecule has 0 bridgehead atoms. The van der Waals surface area contributed by atoms with Gasteiger partial charge in [-0.15, -0.1) is 0 Å². The van der Waals surface area contributed by atoms with E-state index in [4.69, 9.17) is 40.7 Å². The Morgan fingerprint density at radius 2 is 0.508 bits per heavy atom. The minimum atomic E-state index is -2.35. The van der Waals surface area contributed by atoms with Crippen LogP contribution < -0.4 is 13.6 Å². The lowest BCUT2D eigenvalue weighted by molar-refractivity contribution is 0.0591. The van der Waals surface area contributed by atoms with Crippen LogP contribution in [0.3, 0.4) is 0 Å². The van der Waals surface area contributed by atoms with Crippen LogP contribution in [0.15, 0.2) is 36.4 Å². The van der Waals surface area contributed by atoms with Gasteiger partial charge in [0, 0.05) is 33.4 Å². The second-order valence-electron chi connectivity index (χ2n) is 21.9. The van der Waals surface area contributed by atoms with E-state index in [9.17, 15) is 14.4 Å².